The van der Waals surface area contributed by atoms with Crippen LogP contribution in [0, 0.1) is 0 Å². The number of carbonyl (C=O) groups is 2. The van der Waals surface area contributed by atoms with E-state index in [1.807, 2.05) is 50.2 Å². The molecule has 1 atom stereocenters. The molecule has 3 rings (SSSR count). The Hall–Kier alpha value is -3.12. The first-order chi connectivity index (χ1) is 15.0. The summed E-state index contributed by atoms with van der Waals surface area (Å²) in [7, 11) is 0. The van der Waals surface area contributed by atoms with Crippen LogP contribution in [0.15, 0.2) is 77.3 Å². The van der Waals surface area contributed by atoms with Crippen molar-refractivity contribution in [3.63, 3.8) is 0 Å². The van der Waals surface area contributed by atoms with Crippen LogP contribution in [-0.2, 0) is 0 Å². The molecule has 0 aliphatic carbocycles. The molecule has 0 heterocycles. The summed E-state index contributed by atoms with van der Waals surface area (Å²) in [5, 5.41) is 5.85. The molecule has 2 amide bonds. The first kappa shape index (κ1) is 22.6. The summed E-state index contributed by atoms with van der Waals surface area (Å²) >= 11 is 3.40. The van der Waals surface area contributed by atoms with Gasteiger partial charge in [-0.05, 0) is 55.3 Å². The van der Waals surface area contributed by atoms with Gasteiger partial charge in [-0.15, -0.1) is 0 Å². The molecule has 0 aromatic heterocycles. The normalized spacial score (nSPS) is 11.5. The highest BCUT2D eigenvalue weighted by Crippen LogP contribution is 2.25. The van der Waals surface area contributed by atoms with Gasteiger partial charge in [-0.25, -0.2) is 0 Å². The lowest BCUT2D eigenvalue weighted by molar-refractivity contribution is 0.0938. The molecule has 3 aromatic rings. The predicted octanol–water partition coefficient (Wildman–Crippen LogP) is 5.98. The second kappa shape index (κ2) is 10.8. The van der Waals surface area contributed by atoms with Crippen LogP contribution in [0.25, 0.3) is 0 Å². The smallest absolute Gasteiger partial charge is 0.259 e. The number of rotatable bonds is 8. The number of ether oxygens (including phenoxy) is 1. The Balaban J connectivity index is 1.73. The zero-order valence-corrected chi connectivity index (χ0v) is 19.1. The van der Waals surface area contributed by atoms with E-state index in [0.29, 0.717) is 29.2 Å². The van der Waals surface area contributed by atoms with E-state index in [2.05, 4.69) is 26.6 Å². The van der Waals surface area contributed by atoms with Gasteiger partial charge in [0.1, 0.15) is 5.75 Å². The number of halogens is 1. The molecule has 0 bridgehead atoms. The summed E-state index contributed by atoms with van der Waals surface area (Å²) in [5.41, 5.74) is 2.45. The maximum Gasteiger partial charge on any atom is 0.259 e. The highest BCUT2D eigenvalue weighted by atomic mass is 79.9. The van der Waals surface area contributed by atoms with Crippen molar-refractivity contribution in [1.82, 2.24) is 5.32 Å². The van der Waals surface area contributed by atoms with Crippen molar-refractivity contribution in [2.24, 2.45) is 0 Å². The minimum Gasteiger partial charge on any atom is -0.493 e. The van der Waals surface area contributed by atoms with E-state index in [1.165, 1.54) is 0 Å². The standard InChI is InChI=1S/C25H25BrN2O3/c1-3-14-31-23-13-12-20(26)16-22(23)25(30)28-21-11-7-10-19(15-21)24(29)27-17(2)18-8-5-4-6-9-18/h4-13,15-17H,3,14H2,1-2H3,(H,27,29)(H,28,30). The van der Waals surface area contributed by atoms with Crippen LogP contribution >= 0.6 is 15.9 Å². The van der Waals surface area contributed by atoms with Gasteiger partial charge in [-0.1, -0.05) is 59.3 Å². The molecule has 0 radical (unpaired) electrons. The van der Waals surface area contributed by atoms with Gasteiger partial charge in [0.15, 0.2) is 0 Å². The summed E-state index contributed by atoms with van der Waals surface area (Å²) in [4.78, 5) is 25.6. The summed E-state index contributed by atoms with van der Waals surface area (Å²) in [6.07, 6.45) is 0.843. The molecule has 0 saturated heterocycles. The van der Waals surface area contributed by atoms with Crippen LogP contribution in [0.5, 0.6) is 5.75 Å². The number of hydrogen-bond donors (Lipinski definition) is 2. The number of anilines is 1. The van der Waals surface area contributed by atoms with E-state index in [9.17, 15) is 9.59 Å². The van der Waals surface area contributed by atoms with E-state index < -0.39 is 0 Å². The van der Waals surface area contributed by atoms with Crippen molar-refractivity contribution < 1.29 is 14.3 Å². The fourth-order valence-electron chi connectivity index (χ4n) is 3.06. The van der Waals surface area contributed by atoms with Gasteiger partial charge in [0.05, 0.1) is 18.2 Å². The van der Waals surface area contributed by atoms with E-state index in [1.54, 1.807) is 36.4 Å². The average molecular weight is 481 g/mol. The lowest BCUT2D eigenvalue weighted by Crippen LogP contribution is -2.26. The molecule has 0 aliphatic rings. The third kappa shape index (κ3) is 6.18. The van der Waals surface area contributed by atoms with Crippen molar-refractivity contribution >= 4 is 33.4 Å². The molecule has 0 saturated carbocycles. The van der Waals surface area contributed by atoms with E-state index in [4.69, 9.17) is 4.74 Å². The van der Waals surface area contributed by atoms with E-state index >= 15 is 0 Å². The molecular weight excluding hydrogens is 456 g/mol. The van der Waals surface area contributed by atoms with Crippen LogP contribution in [0.2, 0.25) is 0 Å². The Morgan fingerprint density at radius 3 is 2.48 bits per heavy atom. The molecule has 3 aromatic carbocycles. The lowest BCUT2D eigenvalue weighted by atomic mass is 10.1. The predicted molar refractivity (Wildman–Crippen MR) is 127 cm³/mol. The first-order valence-corrected chi connectivity index (χ1v) is 11.0. The molecule has 160 valence electrons. The van der Waals surface area contributed by atoms with Gasteiger partial charge in [0, 0.05) is 15.7 Å². The van der Waals surface area contributed by atoms with Crippen LogP contribution in [-0.4, -0.2) is 18.4 Å². The van der Waals surface area contributed by atoms with Gasteiger partial charge >= 0.3 is 0 Å². The van der Waals surface area contributed by atoms with Gasteiger partial charge in [-0.3, -0.25) is 9.59 Å². The Bertz CT molecular complexity index is 1050. The number of hydrogen-bond acceptors (Lipinski definition) is 3. The zero-order valence-electron chi connectivity index (χ0n) is 17.5. The van der Waals surface area contributed by atoms with Gasteiger partial charge in [0.2, 0.25) is 0 Å². The molecule has 2 N–H and O–H groups in total. The van der Waals surface area contributed by atoms with Gasteiger partial charge in [-0.2, -0.15) is 0 Å². The Morgan fingerprint density at radius 1 is 0.968 bits per heavy atom. The van der Waals surface area contributed by atoms with Crippen LogP contribution in [0.4, 0.5) is 5.69 Å². The lowest BCUT2D eigenvalue weighted by Gasteiger charge is -2.15. The highest BCUT2D eigenvalue weighted by Gasteiger charge is 2.16. The van der Waals surface area contributed by atoms with Crippen molar-refractivity contribution in [1.29, 1.82) is 0 Å². The Kier molecular flexibility index (Phi) is 7.84. The SMILES string of the molecule is CCCOc1ccc(Br)cc1C(=O)Nc1cccc(C(=O)NC(C)c2ccccc2)c1. The molecule has 0 fully saturated rings. The van der Waals surface area contributed by atoms with Crippen LogP contribution < -0.4 is 15.4 Å². The number of amides is 2. The largest absolute Gasteiger partial charge is 0.493 e. The highest BCUT2D eigenvalue weighted by molar-refractivity contribution is 9.10. The molecule has 0 aliphatic heterocycles. The van der Waals surface area contributed by atoms with Crippen LogP contribution in [0.1, 0.15) is 52.6 Å². The maximum atomic E-state index is 12.9. The third-order valence-corrected chi connectivity index (χ3v) is 5.17. The van der Waals surface area contributed by atoms with Gasteiger partial charge < -0.3 is 15.4 Å². The zero-order chi connectivity index (χ0) is 22.2. The van der Waals surface area contributed by atoms with Crippen molar-refractivity contribution in [3.05, 3.63) is 94.0 Å². The number of carbonyl (C=O) groups excluding carboxylic acids is 2. The number of benzene rings is 3. The summed E-state index contributed by atoms with van der Waals surface area (Å²) in [6, 6.07) is 21.8. The topological polar surface area (TPSA) is 67.4 Å². The third-order valence-electron chi connectivity index (χ3n) is 4.68. The molecule has 6 heteroatoms. The second-order valence-corrected chi connectivity index (χ2v) is 8.05. The van der Waals surface area contributed by atoms with E-state index in [-0.39, 0.29) is 17.9 Å². The second-order valence-electron chi connectivity index (χ2n) is 7.13. The molecule has 1 unspecified atom stereocenters. The average Bonchev–Trinajstić information content (AvgIpc) is 2.79. The fourth-order valence-corrected chi connectivity index (χ4v) is 3.42. The van der Waals surface area contributed by atoms with Crippen molar-refractivity contribution in [3.8, 4) is 5.75 Å². The van der Waals surface area contributed by atoms with Crippen molar-refractivity contribution in [2.45, 2.75) is 26.3 Å². The fraction of sp³-hybridized carbons (Fsp3) is 0.200. The summed E-state index contributed by atoms with van der Waals surface area (Å²) in [6.45, 7) is 4.47. The quantitative estimate of drug-likeness (QED) is 0.416. The Labute approximate surface area is 191 Å². The van der Waals surface area contributed by atoms with E-state index in [0.717, 1.165) is 16.5 Å². The molecule has 0 spiro atoms. The van der Waals surface area contributed by atoms with Crippen molar-refractivity contribution in [2.75, 3.05) is 11.9 Å². The monoisotopic (exact) mass is 480 g/mol. The Morgan fingerprint density at radius 2 is 1.74 bits per heavy atom. The molecule has 31 heavy (non-hydrogen) atoms. The molecule has 5 nitrogen and oxygen atoms in total. The van der Waals surface area contributed by atoms with Gasteiger partial charge in [0.25, 0.3) is 11.8 Å². The number of nitrogens with one attached hydrogen (secondary N) is 2. The minimum absolute atomic E-state index is 0.133. The summed E-state index contributed by atoms with van der Waals surface area (Å²) < 4.78 is 6.48. The molecular formula is C25H25BrN2O3. The minimum atomic E-state index is -0.303. The first-order valence-electron chi connectivity index (χ1n) is 10.2. The maximum absolute atomic E-state index is 12.9. The van der Waals surface area contributed by atoms with Crippen LogP contribution in [0.3, 0.4) is 0 Å². The summed E-state index contributed by atoms with van der Waals surface area (Å²) in [5.74, 6) is 0.0117.